The Balaban J connectivity index is 0.000000433. The molecule has 0 amide bonds. The van der Waals surface area contributed by atoms with E-state index in [4.69, 9.17) is 12.6 Å². The molecule has 0 bridgehead atoms. The SMILES string of the molecule is CC(C)c1csc(C(=O)c2c[nH]c3ccccc23)n1.O=S(=O)=O. The van der Waals surface area contributed by atoms with Crippen molar-refractivity contribution in [3.8, 4) is 0 Å². The highest BCUT2D eigenvalue weighted by Crippen LogP contribution is 2.24. The van der Waals surface area contributed by atoms with Crippen LogP contribution in [0.1, 0.15) is 40.8 Å². The summed E-state index contributed by atoms with van der Waals surface area (Å²) in [6.07, 6.45) is 1.77. The summed E-state index contributed by atoms with van der Waals surface area (Å²) in [5.41, 5.74) is 2.65. The number of nitrogens with zero attached hydrogens (tertiary/aromatic N) is 1. The van der Waals surface area contributed by atoms with Crippen LogP contribution in [0.15, 0.2) is 35.8 Å². The lowest BCUT2D eigenvalue weighted by Gasteiger charge is -1.97. The lowest BCUT2D eigenvalue weighted by atomic mass is 10.1. The maximum absolute atomic E-state index is 12.5. The van der Waals surface area contributed by atoms with Gasteiger partial charge in [0.1, 0.15) is 0 Å². The third kappa shape index (κ3) is 4.11. The second-order valence-corrected chi connectivity index (χ2v) is 6.28. The zero-order valence-electron chi connectivity index (χ0n) is 12.4. The van der Waals surface area contributed by atoms with E-state index >= 15 is 0 Å². The molecule has 2 aromatic heterocycles. The average molecular weight is 350 g/mol. The Morgan fingerprint density at radius 1 is 1.22 bits per heavy atom. The average Bonchev–Trinajstić information content (AvgIpc) is 3.13. The number of H-pyrrole nitrogens is 1. The summed E-state index contributed by atoms with van der Waals surface area (Å²) in [6, 6.07) is 7.81. The Bertz CT molecular complexity index is 933. The highest BCUT2D eigenvalue weighted by Gasteiger charge is 2.18. The molecule has 23 heavy (non-hydrogen) atoms. The van der Waals surface area contributed by atoms with Gasteiger partial charge < -0.3 is 4.98 Å². The molecule has 6 nitrogen and oxygen atoms in total. The van der Waals surface area contributed by atoms with Crippen LogP contribution in [0.3, 0.4) is 0 Å². The topological polar surface area (TPSA) is 97.0 Å². The fourth-order valence-corrected chi connectivity index (χ4v) is 2.96. The molecule has 1 N–H and O–H groups in total. The fraction of sp³-hybridized carbons (Fsp3) is 0.200. The number of rotatable bonds is 3. The molecule has 1 aromatic carbocycles. The summed E-state index contributed by atoms with van der Waals surface area (Å²) in [5, 5.41) is 3.48. The lowest BCUT2D eigenvalue weighted by molar-refractivity contribution is 0.103. The van der Waals surface area contributed by atoms with Crippen molar-refractivity contribution in [1.82, 2.24) is 9.97 Å². The van der Waals surface area contributed by atoms with E-state index in [0.717, 1.165) is 16.6 Å². The number of fused-ring (bicyclic) bond motifs is 1. The van der Waals surface area contributed by atoms with Crippen LogP contribution in [0.5, 0.6) is 0 Å². The summed E-state index contributed by atoms with van der Waals surface area (Å²) in [7, 11) is -3.11. The molecule has 0 unspecified atom stereocenters. The number of ketones is 1. The Kier molecular flexibility index (Phi) is 5.41. The summed E-state index contributed by atoms with van der Waals surface area (Å²) < 4.78 is 25.3. The van der Waals surface area contributed by atoms with E-state index in [2.05, 4.69) is 23.8 Å². The molecular formula is C15H14N2O4S2. The van der Waals surface area contributed by atoms with Crippen molar-refractivity contribution in [3.05, 3.63) is 52.1 Å². The van der Waals surface area contributed by atoms with E-state index in [1.807, 2.05) is 29.6 Å². The molecule has 3 rings (SSSR count). The first kappa shape index (κ1) is 17.0. The first-order valence-corrected chi connectivity index (χ1v) is 8.61. The highest BCUT2D eigenvalue weighted by atomic mass is 32.2. The van der Waals surface area contributed by atoms with Crippen LogP contribution in [0.25, 0.3) is 10.9 Å². The zero-order valence-corrected chi connectivity index (χ0v) is 14.1. The first-order chi connectivity index (χ1) is 10.9. The molecule has 0 aliphatic rings. The Morgan fingerprint density at radius 2 is 1.87 bits per heavy atom. The third-order valence-electron chi connectivity index (χ3n) is 3.14. The van der Waals surface area contributed by atoms with Gasteiger partial charge in [0, 0.05) is 22.5 Å². The van der Waals surface area contributed by atoms with Gasteiger partial charge in [0.05, 0.1) is 11.3 Å². The first-order valence-electron chi connectivity index (χ1n) is 6.73. The molecule has 0 aliphatic heterocycles. The number of benzene rings is 1. The molecule has 3 aromatic rings. The second kappa shape index (κ2) is 7.30. The zero-order chi connectivity index (χ0) is 17.0. The number of aromatic nitrogens is 2. The molecule has 0 saturated heterocycles. The van der Waals surface area contributed by atoms with Crippen molar-refractivity contribution in [2.24, 2.45) is 0 Å². The van der Waals surface area contributed by atoms with Crippen molar-refractivity contribution in [2.45, 2.75) is 19.8 Å². The Hall–Kier alpha value is -2.32. The minimum absolute atomic E-state index is 0.00523. The normalized spacial score (nSPS) is 10.4. The van der Waals surface area contributed by atoms with Crippen molar-refractivity contribution in [3.63, 3.8) is 0 Å². The summed E-state index contributed by atoms with van der Waals surface area (Å²) in [4.78, 5) is 20.0. The van der Waals surface area contributed by atoms with Crippen LogP contribution >= 0.6 is 11.3 Å². The summed E-state index contributed by atoms with van der Waals surface area (Å²) >= 11 is 1.42. The lowest BCUT2D eigenvalue weighted by Crippen LogP contribution is -2.00. The van der Waals surface area contributed by atoms with Crippen molar-refractivity contribution < 1.29 is 17.4 Å². The molecule has 0 fully saturated rings. The number of carbonyl (C=O) groups is 1. The standard InChI is InChI=1S/C15H14N2OS.O3S/c1-9(2)13-8-19-15(17-13)14(18)11-7-16-12-6-4-3-5-10(11)12;1-4(2)3/h3-9,16H,1-2H3;. The number of aromatic amines is 1. The van der Waals surface area contributed by atoms with Crippen molar-refractivity contribution >= 4 is 38.6 Å². The van der Waals surface area contributed by atoms with E-state index < -0.39 is 10.6 Å². The van der Waals surface area contributed by atoms with Crippen molar-refractivity contribution in [2.75, 3.05) is 0 Å². The molecule has 2 heterocycles. The number of hydrogen-bond donors (Lipinski definition) is 1. The maximum Gasteiger partial charge on any atom is 0.425 e. The molecule has 120 valence electrons. The van der Waals surface area contributed by atoms with Gasteiger partial charge in [-0.15, -0.1) is 24.0 Å². The molecule has 0 spiro atoms. The van der Waals surface area contributed by atoms with Gasteiger partial charge in [0.15, 0.2) is 5.01 Å². The maximum atomic E-state index is 12.5. The van der Waals surface area contributed by atoms with Gasteiger partial charge in [-0.1, -0.05) is 32.0 Å². The van der Waals surface area contributed by atoms with Crippen LogP contribution in [0, 0.1) is 0 Å². The smallest absolute Gasteiger partial charge is 0.360 e. The van der Waals surface area contributed by atoms with Crippen LogP contribution in [-0.4, -0.2) is 28.4 Å². The van der Waals surface area contributed by atoms with Gasteiger partial charge in [-0.05, 0) is 12.0 Å². The summed E-state index contributed by atoms with van der Waals surface area (Å²) in [6.45, 7) is 4.16. The van der Waals surface area contributed by atoms with Crippen LogP contribution in [-0.2, 0) is 10.6 Å². The van der Waals surface area contributed by atoms with E-state index in [9.17, 15) is 4.79 Å². The second-order valence-electron chi connectivity index (χ2n) is 5.01. The number of nitrogens with one attached hydrogen (secondary N) is 1. The van der Waals surface area contributed by atoms with Crippen LogP contribution < -0.4 is 0 Å². The van der Waals surface area contributed by atoms with Crippen LogP contribution in [0.2, 0.25) is 0 Å². The number of hydrogen-bond acceptors (Lipinski definition) is 6. The van der Waals surface area contributed by atoms with Gasteiger partial charge >= 0.3 is 10.6 Å². The minimum atomic E-state index is -3.11. The molecule has 0 saturated carbocycles. The largest absolute Gasteiger partial charge is 0.425 e. The quantitative estimate of drug-likeness (QED) is 0.732. The molecular weight excluding hydrogens is 336 g/mol. The predicted molar refractivity (Wildman–Crippen MR) is 87.6 cm³/mol. The van der Waals surface area contributed by atoms with Gasteiger partial charge in [0.25, 0.3) is 0 Å². The molecule has 0 atom stereocenters. The fourth-order valence-electron chi connectivity index (χ4n) is 2.03. The van der Waals surface area contributed by atoms with Gasteiger partial charge in [-0.2, -0.15) is 0 Å². The van der Waals surface area contributed by atoms with E-state index in [1.54, 1.807) is 6.20 Å². The third-order valence-corrected chi connectivity index (χ3v) is 4.00. The van der Waals surface area contributed by atoms with E-state index in [-0.39, 0.29) is 5.78 Å². The van der Waals surface area contributed by atoms with Gasteiger partial charge in [-0.25, -0.2) is 4.98 Å². The van der Waals surface area contributed by atoms with Gasteiger partial charge in [-0.3, -0.25) is 4.79 Å². The molecule has 0 radical (unpaired) electrons. The predicted octanol–water partition coefficient (Wildman–Crippen LogP) is 2.97. The summed E-state index contributed by atoms with van der Waals surface area (Å²) in [5.74, 6) is 0.343. The number of para-hydroxylation sites is 1. The van der Waals surface area contributed by atoms with Crippen LogP contribution in [0.4, 0.5) is 0 Å². The van der Waals surface area contributed by atoms with E-state index in [0.29, 0.717) is 16.5 Å². The van der Waals surface area contributed by atoms with Crippen molar-refractivity contribution in [1.29, 1.82) is 0 Å². The Morgan fingerprint density at radius 3 is 2.48 bits per heavy atom. The molecule has 0 aliphatic carbocycles. The van der Waals surface area contributed by atoms with E-state index in [1.165, 1.54) is 11.3 Å². The molecule has 8 heteroatoms. The van der Waals surface area contributed by atoms with Gasteiger partial charge in [0.2, 0.25) is 5.78 Å². The monoisotopic (exact) mass is 350 g/mol. The number of carbonyl (C=O) groups excluding carboxylic acids is 1. The number of thiazole rings is 1. The highest BCUT2D eigenvalue weighted by molar-refractivity contribution is 7.59. The minimum Gasteiger partial charge on any atom is -0.360 e. The Labute approximate surface area is 138 Å².